The summed E-state index contributed by atoms with van der Waals surface area (Å²) in [5.74, 6) is -1.10. The number of carbonyl (C=O) groups excluding carboxylic acids is 1. The molecule has 0 radical (unpaired) electrons. The summed E-state index contributed by atoms with van der Waals surface area (Å²) in [7, 11) is -1.93. The third-order valence-corrected chi connectivity index (χ3v) is 4.43. The number of nitrogens with one attached hydrogen (secondary N) is 1. The van der Waals surface area contributed by atoms with Crippen LogP contribution >= 0.6 is 11.6 Å². The van der Waals surface area contributed by atoms with Crippen LogP contribution in [0.4, 0.5) is 10.1 Å². The standard InChI is InChI=1S/C15H10ClFN4O2S/c16-10-4-5-12(17)14(7-10)24(23)21-9-11(8-19-21)20-15(22)13-3-1-2-6-18-13/h1-9H,(H,20,22). The van der Waals surface area contributed by atoms with Crippen LogP contribution in [0.3, 0.4) is 0 Å². The summed E-state index contributed by atoms with van der Waals surface area (Å²) in [6.07, 6.45) is 4.13. The van der Waals surface area contributed by atoms with Crippen LogP contribution < -0.4 is 5.32 Å². The fourth-order valence-electron chi connectivity index (χ4n) is 1.86. The van der Waals surface area contributed by atoms with Crippen LogP contribution in [-0.4, -0.2) is 24.3 Å². The predicted octanol–water partition coefficient (Wildman–Crippen LogP) is 2.89. The Labute approximate surface area is 143 Å². The number of hydrogen-bond acceptors (Lipinski definition) is 4. The molecule has 1 atom stereocenters. The van der Waals surface area contributed by atoms with Gasteiger partial charge in [-0.3, -0.25) is 9.78 Å². The van der Waals surface area contributed by atoms with E-state index >= 15 is 0 Å². The van der Waals surface area contributed by atoms with E-state index in [1.807, 2.05) is 0 Å². The highest BCUT2D eigenvalue weighted by molar-refractivity contribution is 7.83. The maximum absolute atomic E-state index is 13.8. The number of aromatic nitrogens is 3. The maximum atomic E-state index is 13.8. The Morgan fingerprint density at radius 3 is 2.88 bits per heavy atom. The minimum absolute atomic E-state index is 0.104. The van der Waals surface area contributed by atoms with Crippen LogP contribution in [0.2, 0.25) is 5.02 Å². The number of halogens is 2. The first-order valence-electron chi connectivity index (χ1n) is 6.69. The third kappa shape index (κ3) is 3.50. The SMILES string of the molecule is O=C(Nc1cnn(S(=O)c2cc(Cl)ccc2F)c1)c1ccccn1. The molecule has 0 aliphatic rings. The molecule has 9 heteroatoms. The number of hydrogen-bond donors (Lipinski definition) is 1. The van der Waals surface area contributed by atoms with Gasteiger partial charge in [-0.1, -0.05) is 17.7 Å². The highest BCUT2D eigenvalue weighted by Gasteiger charge is 2.15. The number of rotatable bonds is 4. The molecule has 24 heavy (non-hydrogen) atoms. The van der Waals surface area contributed by atoms with Gasteiger partial charge in [0, 0.05) is 11.2 Å². The van der Waals surface area contributed by atoms with Crippen molar-refractivity contribution in [3.8, 4) is 0 Å². The molecule has 0 bridgehead atoms. The molecule has 3 rings (SSSR count). The molecular weight excluding hydrogens is 355 g/mol. The smallest absolute Gasteiger partial charge is 0.274 e. The highest BCUT2D eigenvalue weighted by atomic mass is 35.5. The minimum atomic E-state index is -1.93. The number of nitrogens with zero attached hydrogens (tertiary/aromatic N) is 3. The van der Waals surface area contributed by atoms with Crippen molar-refractivity contribution in [2.75, 3.05) is 5.32 Å². The van der Waals surface area contributed by atoms with Crippen molar-refractivity contribution < 1.29 is 13.4 Å². The van der Waals surface area contributed by atoms with Gasteiger partial charge in [0.1, 0.15) is 11.5 Å². The molecule has 0 saturated heterocycles. The van der Waals surface area contributed by atoms with Crippen LogP contribution in [0.15, 0.2) is 59.9 Å². The number of pyridine rings is 1. The third-order valence-electron chi connectivity index (χ3n) is 2.97. The molecule has 6 nitrogen and oxygen atoms in total. The lowest BCUT2D eigenvalue weighted by Gasteiger charge is -2.04. The Hall–Kier alpha value is -2.58. The van der Waals surface area contributed by atoms with Crippen LogP contribution in [0.1, 0.15) is 10.5 Å². The van der Waals surface area contributed by atoms with E-state index in [1.54, 1.807) is 18.2 Å². The molecule has 1 aromatic carbocycles. The molecule has 1 amide bonds. The number of amides is 1. The predicted molar refractivity (Wildman–Crippen MR) is 87.6 cm³/mol. The van der Waals surface area contributed by atoms with Crippen molar-refractivity contribution in [3.05, 3.63) is 71.5 Å². The maximum Gasteiger partial charge on any atom is 0.274 e. The topological polar surface area (TPSA) is 76.9 Å². The molecular formula is C15H10ClFN4O2S. The van der Waals surface area contributed by atoms with Gasteiger partial charge in [0.15, 0.2) is 11.0 Å². The van der Waals surface area contributed by atoms with Crippen molar-refractivity contribution in [2.24, 2.45) is 0 Å². The summed E-state index contributed by atoms with van der Waals surface area (Å²) < 4.78 is 27.2. The first kappa shape index (κ1) is 16.3. The summed E-state index contributed by atoms with van der Waals surface area (Å²) in [5, 5.41) is 6.71. The van der Waals surface area contributed by atoms with Gasteiger partial charge in [0.2, 0.25) is 0 Å². The van der Waals surface area contributed by atoms with E-state index in [2.05, 4.69) is 15.4 Å². The van der Waals surface area contributed by atoms with E-state index in [-0.39, 0.29) is 15.6 Å². The Kier molecular flexibility index (Phi) is 4.68. The molecule has 0 aliphatic heterocycles. The number of carbonyl (C=O) groups is 1. The summed E-state index contributed by atoms with van der Waals surface area (Å²) in [4.78, 5) is 15.8. The van der Waals surface area contributed by atoms with Gasteiger partial charge in [-0.25, -0.2) is 8.60 Å². The van der Waals surface area contributed by atoms with Gasteiger partial charge in [-0.05, 0) is 30.3 Å². The number of benzene rings is 1. The average molecular weight is 365 g/mol. The van der Waals surface area contributed by atoms with Gasteiger partial charge < -0.3 is 5.32 Å². The van der Waals surface area contributed by atoms with E-state index < -0.39 is 22.7 Å². The van der Waals surface area contributed by atoms with E-state index in [9.17, 15) is 13.4 Å². The largest absolute Gasteiger partial charge is 0.318 e. The summed E-state index contributed by atoms with van der Waals surface area (Å²) in [5.41, 5.74) is 0.536. The van der Waals surface area contributed by atoms with Crippen LogP contribution in [0, 0.1) is 5.82 Å². The molecule has 2 aromatic heterocycles. The lowest BCUT2D eigenvalue weighted by Crippen LogP contribution is -2.13. The lowest BCUT2D eigenvalue weighted by atomic mass is 10.3. The first-order valence-corrected chi connectivity index (χ1v) is 8.17. The Bertz CT molecular complexity index is 917. The van der Waals surface area contributed by atoms with Crippen molar-refractivity contribution >= 4 is 34.2 Å². The molecule has 122 valence electrons. The van der Waals surface area contributed by atoms with Gasteiger partial charge >= 0.3 is 0 Å². The Morgan fingerprint density at radius 2 is 2.12 bits per heavy atom. The van der Waals surface area contributed by atoms with Crippen LogP contribution in [0.5, 0.6) is 0 Å². The van der Waals surface area contributed by atoms with Crippen molar-refractivity contribution in [1.82, 2.24) is 14.2 Å². The molecule has 0 aliphatic carbocycles. The molecule has 3 aromatic rings. The number of anilines is 1. The molecule has 1 N–H and O–H groups in total. The normalized spacial score (nSPS) is 11.9. The summed E-state index contributed by atoms with van der Waals surface area (Å²) in [6.45, 7) is 0. The monoisotopic (exact) mass is 364 g/mol. The van der Waals surface area contributed by atoms with E-state index in [4.69, 9.17) is 11.6 Å². The second kappa shape index (κ2) is 6.90. The van der Waals surface area contributed by atoms with Crippen LogP contribution in [-0.2, 0) is 11.0 Å². The van der Waals surface area contributed by atoms with Crippen molar-refractivity contribution in [2.45, 2.75) is 4.90 Å². The molecule has 0 saturated carbocycles. The molecule has 0 fully saturated rings. The van der Waals surface area contributed by atoms with Crippen LogP contribution in [0.25, 0.3) is 0 Å². The fourth-order valence-corrected chi connectivity index (χ4v) is 3.11. The lowest BCUT2D eigenvalue weighted by molar-refractivity contribution is 0.102. The minimum Gasteiger partial charge on any atom is -0.318 e. The van der Waals surface area contributed by atoms with E-state index in [0.29, 0.717) is 5.69 Å². The zero-order valence-corrected chi connectivity index (χ0v) is 13.6. The van der Waals surface area contributed by atoms with Crippen molar-refractivity contribution in [1.29, 1.82) is 0 Å². The zero-order chi connectivity index (χ0) is 17.1. The molecule has 0 spiro atoms. The van der Waals surface area contributed by atoms with Gasteiger partial charge in [0.05, 0.1) is 23.0 Å². The van der Waals surface area contributed by atoms with Gasteiger partial charge in [-0.2, -0.15) is 9.19 Å². The molecule has 1 unspecified atom stereocenters. The second-order valence-electron chi connectivity index (χ2n) is 4.62. The van der Waals surface area contributed by atoms with Gasteiger partial charge in [-0.15, -0.1) is 0 Å². The Morgan fingerprint density at radius 1 is 1.29 bits per heavy atom. The summed E-state index contributed by atoms with van der Waals surface area (Å²) >= 11 is 5.80. The highest BCUT2D eigenvalue weighted by Crippen LogP contribution is 2.20. The van der Waals surface area contributed by atoms with Crippen molar-refractivity contribution in [3.63, 3.8) is 0 Å². The first-order chi connectivity index (χ1) is 11.5. The zero-order valence-electron chi connectivity index (χ0n) is 12.0. The Balaban J connectivity index is 1.79. The summed E-state index contributed by atoms with van der Waals surface area (Å²) in [6, 6.07) is 8.68. The van der Waals surface area contributed by atoms with E-state index in [1.165, 1.54) is 30.7 Å². The second-order valence-corrected chi connectivity index (χ2v) is 6.37. The fraction of sp³-hybridized carbons (Fsp3) is 0. The molecule has 2 heterocycles. The van der Waals surface area contributed by atoms with Gasteiger partial charge in [0.25, 0.3) is 5.91 Å². The quantitative estimate of drug-likeness (QED) is 0.772. The average Bonchev–Trinajstić information content (AvgIpc) is 3.05. The van der Waals surface area contributed by atoms with E-state index in [0.717, 1.165) is 10.2 Å².